The summed E-state index contributed by atoms with van der Waals surface area (Å²) in [5, 5.41) is 19.6. The van der Waals surface area contributed by atoms with Crippen molar-refractivity contribution in [1.29, 1.82) is 0 Å². The fourth-order valence-corrected chi connectivity index (χ4v) is 6.55. The fraction of sp³-hybridized carbons (Fsp3) is 0.542. The first kappa shape index (κ1) is 23.6. The zero-order chi connectivity index (χ0) is 24.1. The number of hydrogen-bond donors (Lipinski definition) is 2. The SMILES string of the molecule is CC(C)(C)[C@H]1CCc2nc3ccc(S(=O)(=O)N4CCC(C(=O)O)CC4)cc3c(C(=O)O)c2C1. The molecule has 0 amide bonds. The van der Waals surface area contributed by atoms with E-state index in [4.69, 9.17) is 4.98 Å². The van der Waals surface area contributed by atoms with Gasteiger partial charge in [-0.15, -0.1) is 0 Å². The Morgan fingerprint density at radius 2 is 1.76 bits per heavy atom. The molecule has 1 atom stereocenters. The average Bonchev–Trinajstić information content (AvgIpc) is 2.75. The molecule has 1 saturated heterocycles. The first-order valence-electron chi connectivity index (χ1n) is 11.3. The summed E-state index contributed by atoms with van der Waals surface area (Å²) in [6, 6.07) is 4.47. The minimum absolute atomic E-state index is 0.0104. The van der Waals surface area contributed by atoms with E-state index < -0.39 is 27.9 Å². The molecule has 178 valence electrons. The molecule has 2 aromatic rings. The molecule has 0 bridgehead atoms. The Kier molecular flexibility index (Phi) is 5.99. The average molecular weight is 475 g/mol. The van der Waals surface area contributed by atoms with Gasteiger partial charge < -0.3 is 10.2 Å². The lowest BCUT2D eigenvalue weighted by Crippen LogP contribution is -2.40. The lowest BCUT2D eigenvalue weighted by atomic mass is 9.70. The fourth-order valence-electron chi connectivity index (χ4n) is 5.05. The highest BCUT2D eigenvalue weighted by Gasteiger charge is 2.35. The number of pyridine rings is 1. The molecule has 2 aliphatic rings. The second kappa shape index (κ2) is 8.36. The van der Waals surface area contributed by atoms with Crippen LogP contribution in [-0.2, 0) is 27.7 Å². The van der Waals surface area contributed by atoms with E-state index in [2.05, 4.69) is 20.8 Å². The van der Waals surface area contributed by atoms with E-state index >= 15 is 0 Å². The van der Waals surface area contributed by atoms with Crippen molar-refractivity contribution < 1.29 is 28.2 Å². The van der Waals surface area contributed by atoms with Crippen LogP contribution >= 0.6 is 0 Å². The van der Waals surface area contributed by atoms with Gasteiger partial charge in [-0.3, -0.25) is 9.78 Å². The highest BCUT2D eigenvalue weighted by Crippen LogP contribution is 2.40. The van der Waals surface area contributed by atoms with Crippen LogP contribution in [0.5, 0.6) is 0 Å². The maximum absolute atomic E-state index is 13.3. The molecule has 0 spiro atoms. The van der Waals surface area contributed by atoms with Crippen molar-refractivity contribution in [3.63, 3.8) is 0 Å². The number of aryl methyl sites for hydroxylation is 1. The summed E-state index contributed by atoms with van der Waals surface area (Å²) < 4.78 is 27.8. The normalized spacial score (nSPS) is 20.5. The standard InChI is InChI=1S/C24H30N2O6S/c1-24(2,3)15-4-6-19-17(12-15)21(23(29)30)18-13-16(5-7-20(18)25-19)33(31,32)26-10-8-14(9-11-26)22(27)28/h5,7,13-15H,4,6,8-12H2,1-3H3,(H,27,28)(H,29,30)/t15-/m0/s1. The molecule has 0 saturated carbocycles. The van der Waals surface area contributed by atoms with Crippen LogP contribution in [0.3, 0.4) is 0 Å². The van der Waals surface area contributed by atoms with E-state index in [0.717, 1.165) is 12.1 Å². The van der Waals surface area contributed by atoms with Gasteiger partial charge in [-0.05, 0) is 67.2 Å². The van der Waals surface area contributed by atoms with Crippen LogP contribution in [0.25, 0.3) is 10.9 Å². The van der Waals surface area contributed by atoms with Crippen molar-refractivity contribution in [1.82, 2.24) is 9.29 Å². The van der Waals surface area contributed by atoms with Crippen molar-refractivity contribution in [3.8, 4) is 0 Å². The molecule has 4 rings (SSSR count). The first-order valence-corrected chi connectivity index (χ1v) is 12.8. The van der Waals surface area contributed by atoms with Gasteiger partial charge in [0.15, 0.2) is 0 Å². The van der Waals surface area contributed by atoms with Crippen LogP contribution in [0.15, 0.2) is 23.1 Å². The number of aliphatic carboxylic acids is 1. The minimum atomic E-state index is -3.88. The van der Waals surface area contributed by atoms with Gasteiger partial charge in [-0.1, -0.05) is 20.8 Å². The van der Waals surface area contributed by atoms with Crippen LogP contribution in [0.1, 0.15) is 61.6 Å². The van der Waals surface area contributed by atoms with E-state index in [1.165, 1.54) is 16.4 Å². The maximum atomic E-state index is 13.3. The van der Waals surface area contributed by atoms with E-state index in [1.54, 1.807) is 6.07 Å². The number of piperidine rings is 1. The predicted molar refractivity (Wildman–Crippen MR) is 123 cm³/mol. The predicted octanol–water partition coefficient (Wildman–Crippen LogP) is 3.57. The molecule has 1 fully saturated rings. The Hall–Kier alpha value is -2.52. The molecule has 1 aromatic heterocycles. The number of fused-ring (bicyclic) bond motifs is 2. The highest BCUT2D eigenvalue weighted by atomic mass is 32.2. The highest BCUT2D eigenvalue weighted by molar-refractivity contribution is 7.89. The number of aromatic carboxylic acids is 1. The number of benzene rings is 1. The molecule has 8 nitrogen and oxygen atoms in total. The summed E-state index contributed by atoms with van der Waals surface area (Å²) in [7, 11) is -3.88. The van der Waals surface area contributed by atoms with E-state index in [0.29, 0.717) is 35.2 Å². The largest absolute Gasteiger partial charge is 0.481 e. The molecule has 9 heteroatoms. The maximum Gasteiger partial charge on any atom is 0.336 e. The van der Waals surface area contributed by atoms with Crippen LogP contribution in [0, 0.1) is 17.3 Å². The monoisotopic (exact) mass is 474 g/mol. The number of carbonyl (C=O) groups is 2. The number of aromatic nitrogens is 1. The van der Waals surface area contributed by atoms with Gasteiger partial charge in [-0.2, -0.15) is 4.31 Å². The molecule has 2 N–H and O–H groups in total. The van der Waals surface area contributed by atoms with Gasteiger partial charge in [0.2, 0.25) is 10.0 Å². The lowest BCUT2D eigenvalue weighted by molar-refractivity contribution is -0.142. The van der Waals surface area contributed by atoms with Gasteiger partial charge in [0.25, 0.3) is 0 Å². The molecular formula is C24H30N2O6S. The lowest BCUT2D eigenvalue weighted by Gasteiger charge is -2.35. The summed E-state index contributed by atoms with van der Waals surface area (Å²) in [6.45, 7) is 6.69. The first-order chi connectivity index (χ1) is 15.4. The Morgan fingerprint density at radius 3 is 2.33 bits per heavy atom. The number of carboxylic acid groups (broad SMARTS) is 2. The van der Waals surface area contributed by atoms with E-state index in [9.17, 15) is 28.2 Å². The van der Waals surface area contributed by atoms with Gasteiger partial charge >= 0.3 is 11.9 Å². The Balaban J connectivity index is 1.77. The van der Waals surface area contributed by atoms with Crippen molar-refractivity contribution in [2.24, 2.45) is 17.3 Å². The number of nitrogens with zero attached hydrogens (tertiary/aromatic N) is 2. The summed E-state index contributed by atoms with van der Waals surface area (Å²) in [6.07, 6.45) is 2.75. The molecule has 1 aliphatic heterocycles. The van der Waals surface area contributed by atoms with Crippen LogP contribution < -0.4 is 0 Å². The van der Waals surface area contributed by atoms with E-state index in [-0.39, 0.29) is 41.8 Å². The number of rotatable bonds is 4. The minimum Gasteiger partial charge on any atom is -0.481 e. The third kappa shape index (κ3) is 4.36. The third-order valence-corrected chi connectivity index (χ3v) is 9.10. The second-order valence-electron chi connectivity index (χ2n) is 10.2. The molecule has 33 heavy (non-hydrogen) atoms. The zero-order valence-electron chi connectivity index (χ0n) is 19.2. The summed E-state index contributed by atoms with van der Waals surface area (Å²) in [5.41, 5.74) is 2.13. The molecule has 2 heterocycles. The van der Waals surface area contributed by atoms with E-state index in [1.807, 2.05) is 0 Å². The molecular weight excluding hydrogens is 444 g/mol. The number of carboxylic acids is 2. The second-order valence-corrected chi connectivity index (χ2v) is 12.2. The number of hydrogen-bond acceptors (Lipinski definition) is 5. The molecule has 0 unspecified atom stereocenters. The van der Waals surface area contributed by atoms with Crippen molar-refractivity contribution in [2.45, 2.75) is 57.8 Å². The van der Waals surface area contributed by atoms with Crippen molar-refractivity contribution in [3.05, 3.63) is 35.0 Å². The summed E-state index contributed by atoms with van der Waals surface area (Å²) in [5.74, 6) is -2.22. The molecule has 0 radical (unpaired) electrons. The van der Waals surface area contributed by atoms with Crippen molar-refractivity contribution >= 4 is 32.9 Å². The summed E-state index contributed by atoms with van der Waals surface area (Å²) >= 11 is 0. The number of sulfonamides is 1. The Bertz CT molecular complexity index is 1220. The van der Waals surface area contributed by atoms with Gasteiger partial charge in [0.05, 0.1) is 21.9 Å². The van der Waals surface area contributed by atoms with Crippen LogP contribution in [0.2, 0.25) is 0 Å². The Morgan fingerprint density at radius 1 is 1.09 bits per heavy atom. The topological polar surface area (TPSA) is 125 Å². The molecule has 1 aliphatic carbocycles. The summed E-state index contributed by atoms with van der Waals surface area (Å²) in [4.78, 5) is 28.3. The van der Waals surface area contributed by atoms with Crippen LogP contribution in [0.4, 0.5) is 0 Å². The van der Waals surface area contributed by atoms with Crippen LogP contribution in [-0.4, -0.2) is 52.9 Å². The smallest absolute Gasteiger partial charge is 0.336 e. The zero-order valence-corrected chi connectivity index (χ0v) is 20.0. The van der Waals surface area contributed by atoms with Gasteiger partial charge in [0.1, 0.15) is 0 Å². The van der Waals surface area contributed by atoms with Crippen molar-refractivity contribution in [2.75, 3.05) is 13.1 Å². The molecule has 1 aromatic carbocycles. The Labute approximate surface area is 193 Å². The van der Waals surface area contributed by atoms with Gasteiger partial charge in [-0.25, -0.2) is 13.2 Å². The quantitative estimate of drug-likeness (QED) is 0.694. The van der Waals surface area contributed by atoms with Gasteiger partial charge in [0, 0.05) is 24.2 Å². The third-order valence-electron chi connectivity index (χ3n) is 7.20.